The van der Waals surface area contributed by atoms with E-state index < -0.39 is 11.6 Å². The van der Waals surface area contributed by atoms with Gasteiger partial charge in [0, 0.05) is 6.54 Å². The quantitative estimate of drug-likeness (QED) is 0.734. The molecule has 2 nitrogen and oxygen atoms in total. The highest BCUT2D eigenvalue weighted by molar-refractivity contribution is 9.10. The van der Waals surface area contributed by atoms with E-state index in [9.17, 15) is 8.78 Å². The Bertz CT molecular complexity index is 619. The van der Waals surface area contributed by atoms with Crippen molar-refractivity contribution in [2.45, 2.75) is 19.9 Å². The molecule has 0 amide bonds. The highest BCUT2D eigenvalue weighted by Gasteiger charge is 2.11. The number of rotatable bonds is 6. The van der Waals surface area contributed by atoms with Crippen molar-refractivity contribution in [3.63, 3.8) is 0 Å². The topological polar surface area (TPSA) is 21.3 Å². The van der Waals surface area contributed by atoms with Crippen molar-refractivity contribution in [2.75, 3.05) is 6.54 Å². The highest BCUT2D eigenvalue weighted by Crippen LogP contribution is 2.32. The first-order valence-electron chi connectivity index (χ1n) is 6.73. The van der Waals surface area contributed by atoms with Crippen LogP contribution < -0.4 is 10.1 Å². The van der Waals surface area contributed by atoms with Crippen LogP contribution in [0.3, 0.4) is 0 Å². The second-order valence-electron chi connectivity index (χ2n) is 4.60. The van der Waals surface area contributed by atoms with E-state index in [-0.39, 0.29) is 5.75 Å². The van der Waals surface area contributed by atoms with E-state index in [1.54, 1.807) is 6.07 Å². The van der Waals surface area contributed by atoms with Gasteiger partial charge in [0.1, 0.15) is 5.75 Å². The monoisotopic (exact) mass is 355 g/mol. The molecule has 1 N–H and O–H groups in total. The average Bonchev–Trinajstić information content (AvgIpc) is 2.47. The summed E-state index contributed by atoms with van der Waals surface area (Å²) in [6.07, 6.45) is 1.07. The third kappa shape index (κ3) is 4.25. The molecule has 0 radical (unpaired) electrons. The molecule has 0 saturated carbocycles. The van der Waals surface area contributed by atoms with Crippen molar-refractivity contribution in [1.82, 2.24) is 5.32 Å². The molecule has 0 saturated heterocycles. The standard InChI is InChI=1S/C16H16BrF2NO/c1-2-8-20-10-11-6-7-14(12(17)9-11)21-15-5-3-4-13(18)16(15)19/h3-7,9,20H,2,8,10H2,1H3. The molecule has 0 fully saturated rings. The molecular weight excluding hydrogens is 340 g/mol. The molecule has 0 aromatic heterocycles. The van der Waals surface area contributed by atoms with Crippen molar-refractivity contribution >= 4 is 15.9 Å². The first-order valence-corrected chi connectivity index (χ1v) is 7.52. The smallest absolute Gasteiger partial charge is 0.201 e. The second-order valence-corrected chi connectivity index (χ2v) is 5.45. The second kappa shape index (κ2) is 7.52. The fourth-order valence-electron chi connectivity index (χ4n) is 1.83. The molecule has 2 aromatic rings. The lowest BCUT2D eigenvalue weighted by Crippen LogP contribution is -2.13. The number of nitrogens with one attached hydrogen (secondary N) is 1. The van der Waals surface area contributed by atoms with Crippen LogP contribution >= 0.6 is 15.9 Å². The van der Waals surface area contributed by atoms with Gasteiger partial charge in [-0.1, -0.05) is 19.1 Å². The Balaban J connectivity index is 2.12. The molecule has 0 aliphatic rings. The largest absolute Gasteiger partial charge is 0.453 e. The molecule has 0 heterocycles. The first-order chi connectivity index (χ1) is 10.1. The zero-order valence-electron chi connectivity index (χ0n) is 11.6. The molecule has 0 aliphatic heterocycles. The Morgan fingerprint density at radius 2 is 1.95 bits per heavy atom. The van der Waals surface area contributed by atoms with Gasteiger partial charge in [0.05, 0.1) is 4.47 Å². The molecule has 112 valence electrons. The van der Waals surface area contributed by atoms with Gasteiger partial charge in [-0.15, -0.1) is 0 Å². The van der Waals surface area contributed by atoms with Crippen molar-refractivity contribution in [3.8, 4) is 11.5 Å². The average molecular weight is 356 g/mol. The molecule has 21 heavy (non-hydrogen) atoms. The maximum atomic E-state index is 13.6. The summed E-state index contributed by atoms with van der Waals surface area (Å²) in [5.74, 6) is -1.60. The summed E-state index contributed by atoms with van der Waals surface area (Å²) in [5.41, 5.74) is 1.09. The molecule has 0 aliphatic carbocycles. The molecule has 0 spiro atoms. The summed E-state index contributed by atoms with van der Waals surface area (Å²) in [6.45, 7) is 3.80. The summed E-state index contributed by atoms with van der Waals surface area (Å²) >= 11 is 3.39. The molecule has 0 atom stereocenters. The van der Waals surface area contributed by atoms with Crippen molar-refractivity contribution in [2.24, 2.45) is 0 Å². The number of halogens is 3. The van der Waals surface area contributed by atoms with Gasteiger partial charge in [-0.25, -0.2) is 4.39 Å². The van der Waals surface area contributed by atoms with E-state index in [4.69, 9.17) is 4.74 Å². The zero-order chi connectivity index (χ0) is 15.2. The Morgan fingerprint density at radius 3 is 2.67 bits per heavy atom. The minimum atomic E-state index is -0.988. The van der Waals surface area contributed by atoms with Crippen LogP contribution in [0.4, 0.5) is 8.78 Å². The van der Waals surface area contributed by atoms with E-state index in [1.165, 1.54) is 12.1 Å². The van der Waals surface area contributed by atoms with E-state index in [2.05, 4.69) is 28.2 Å². The van der Waals surface area contributed by atoms with Gasteiger partial charge in [-0.3, -0.25) is 0 Å². The van der Waals surface area contributed by atoms with Crippen LogP contribution in [-0.2, 0) is 6.54 Å². The van der Waals surface area contributed by atoms with Gasteiger partial charge >= 0.3 is 0 Å². The Morgan fingerprint density at radius 1 is 1.14 bits per heavy atom. The van der Waals surface area contributed by atoms with Gasteiger partial charge in [-0.2, -0.15) is 4.39 Å². The van der Waals surface area contributed by atoms with Gasteiger partial charge in [-0.05, 0) is 58.7 Å². The highest BCUT2D eigenvalue weighted by atomic mass is 79.9. The van der Waals surface area contributed by atoms with Crippen molar-refractivity contribution < 1.29 is 13.5 Å². The Hall–Kier alpha value is -1.46. The van der Waals surface area contributed by atoms with Crippen LogP contribution in [0.15, 0.2) is 40.9 Å². The number of ether oxygens (including phenoxy) is 1. The van der Waals surface area contributed by atoms with Gasteiger partial charge in [0.15, 0.2) is 11.6 Å². The third-order valence-corrected chi connectivity index (χ3v) is 3.51. The Labute approximate surface area is 131 Å². The maximum absolute atomic E-state index is 13.6. The van der Waals surface area contributed by atoms with Crippen LogP contribution in [0.1, 0.15) is 18.9 Å². The van der Waals surface area contributed by atoms with Gasteiger partial charge in [0.2, 0.25) is 5.82 Å². The molecule has 5 heteroatoms. The van der Waals surface area contributed by atoms with Crippen LogP contribution in [0.5, 0.6) is 11.5 Å². The van der Waals surface area contributed by atoms with E-state index in [0.29, 0.717) is 10.2 Å². The minimum Gasteiger partial charge on any atom is -0.453 e. The van der Waals surface area contributed by atoms with Crippen molar-refractivity contribution in [3.05, 3.63) is 58.1 Å². The lowest BCUT2D eigenvalue weighted by atomic mass is 10.2. The lowest BCUT2D eigenvalue weighted by molar-refractivity contribution is 0.414. The van der Waals surface area contributed by atoms with Crippen LogP contribution in [-0.4, -0.2) is 6.54 Å². The molecule has 2 rings (SSSR count). The van der Waals surface area contributed by atoms with E-state index in [1.807, 2.05) is 12.1 Å². The molecule has 0 bridgehead atoms. The number of hydrogen-bond donors (Lipinski definition) is 1. The summed E-state index contributed by atoms with van der Waals surface area (Å²) in [6, 6.07) is 9.37. The Kier molecular flexibility index (Phi) is 5.70. The summed E-state index contributed by atoms with van der Waals surface area (Å²) in [4.78, 5) is 0. The molecular formula is C16H16BrF2NO. The van der Waals surface area contributed by atoms with Gasteiger partial charge in [0.25, 0.3) is 0 Å². The normalized spacial score (nSPS) is 10.7. The summed E-state index contributed by atoms with van der Waals surface area (Å²) in [7, 11) is 0. The fourth-order valence-corrected chi connectivity index (χ4v) is 2.34. The van der Waals surface area contributed by atoms with Crippen LogP contribution in [0.2, 0.25) is 0 Å². The lowest BCUT2D eigenvalue weighted by Gasteiger charge is -2.10. The minimum absolute atomic E-state index is 0.132. The number of benzene rings is 2. The predicted octanol–water partition coefficient (Wildman–Crippen LogP) is 5.02. The maximum Gasteiger partial charge on any atom is 0.201 e. The van der Waals surface area contributed by atoms with Gasteiger partial charge < -0.3 is 10.1 Å². The predicted molar refractivity (Wildman–Crippen MR) is 82.6 cm³/mol. The summed E-state index contributed by atoms with van der Waals surface area (Å²) in [5, 5.41) is 3.29. The third-order valence-electron chi connectivity index (χ3n) is 2.89. The van der Waals surface area contributed by atoms with E-state index >= 15 is 0 Å². The zero-order valence-corrected chi connectivity index (χ0v) is 13.2. The number of hydrogen-bond acceptors (Lipinski definition) is 2. The molecule has 2 aromatic carbocycles. The SMILES string of the molecule is CCCNCc1ccc(Oc2cccc(F)c2F)c(Br)c1. The van der Waals surface area contributed by atoms with E-state index in [0.717, 1.165) is 31.1 Å². The fraction of sp³-hybridized carbons (Fsp3) is 0.250. The van der Waals surface area contributed by atoms with Crippen molar-refractivity contribution in [1.29, 1.82) is 0 Å². The molecule has 0 unspecified atom stereocenters. The van der Waals surface area contributed by atoms with Crippen LogP contribution in [0.25, 0.3) is 0 Å². The van der Waals surface area contributed by atoms with Crippen LogP contribution in [0, 0.1) is 11.6 Å². The summed E-state index contributed by atoms with van der Waals surface area (Å²) < 4.78 is 32.8. The first kappa shape index (κ1) is 15.9.